The molecule has 0 saturated carbocycles. The second-order valence-electron chi connectivity index (χ2n) is 1.07. The van der Waals surface area contributed by atoms with Crippen molar-refractivity contribution in [2.75, 3.05) is 0 Å². The lowest BCUT2D eigenvalue weighted by Gasteiger charge is -1.93. The largest absolute Gasteiger partial charge is 1.00 e. The van der Waals surface area contributed by atoms with Crippen LogP contribution in [0.5, 0.6) is 0 Å². The van der Waals surface area contributed by atoms with Gasteiger partial charge in [0.25, 0.3) is 0 Å². The molecule has 7 heavy (non-hydrogen) atoms. The zero-order valence-corrected chi connectivity index (χ0v) is 5.02. The van der Waals surface area contributed by atoms with Crippen LogP contribution in [0.15, 0.2) is 12.2 Å². The standard InChI is InChI=1S/C4H6O2.Si/c1-3(2)4(5)6;/h1H2,2H3,(H,5,6);/q;+1/p-1. The topological polar surface area (TPSA) is 40.1 Å². The van der Waals surface area contributed by atoms with Crippen molar-refractivity contribution in [2.24, 2.45) is 0 Å². The molecular formula is C4H5O2Si. The van der Waals surface area contributed by atoms with Gasteiger partial charge in [0.1, 0.15) is 0 Å². The maximum atomic E-state index is 9.49. The van der Waals surface area contributed by atoms with Crippen molar-refractivity contribution in [3.63, 3.8) is 0 Å². The van der Waals surface area contributed by atoms with E-state index in [9.17, 15) is 9.90 Å². The quantitative estimate of drug-likeness (QED) is 0.321. The van der Waals surface area contributed by atoms with Crippen LogP contribution in [0.3, 0.4) is 0 Å². The molecule has 3 radical (unpaired) electrons. The summed E-state index contributed by atoms with van der Waals surface area (Å²) >= 11 is 0. The fourth-order valence-electron chi connectivity index (χ4n) is 0. The number of carbonyl (C=O) groups excluding carboxylic acids is 1. The van der Waals surface area contributed by atoms with E-state index in [1.165, 1.54) is 6.92 Å². The van der Waals surface area contributed by atoms with E-state index >= 15 is 0 Å². The number of carbonyl (C=O) groups is 1. The lowest BCUT2D eigenvalue weighted by atomic mass is 10.4. The number of hydrogen-bond acceptors (Lipinski definition) is 2. The van der Waals surface area contributed by atoms with Crippen molar-refractivity contribution in [1.82, 2.24) is 0 Å². The van der Waals surface area contributed by atoms with Gasteiger partial charge in [0.05, 0.1) is 5.97 Å². The Hall–Kier alpha value is -0.573. The number of rotatable bonds is 1. The second kappa shape index (κ2) is 3.61. The molecular weight excluding hydrogens is 108 g/mol. The first kappa shape index (κ1) is 9.66. The molecule has 37 valence electrons. The Bertz CT molecular complexity index is 75.7. The third kappa shape index (κ3) is 5.43. The number of hydrogen-bond donors (Lipinski definition) is 0. The molecule has 0 aromatic carbocycles. The van der Waals surface area contributed by atoms with Crippen molar-refractivity contribution in [3.05, 3.63) is 12.2 Å². The van der Waals surface area contributed by atoms with Gasteiger partial charge in [-0.2, -0.15) is 0 Å². The van der Waals surface area contributed by atoms with E-state index in [1.54, 1.807) is 0 Å². The highest BCUT2D eigenvalue weighted by Gasteiger charge is 1.76. The molecule has 0 atom stereocenters. The zero-order chi connectivity index (χ0) is 5.15. The third-order valence-corrected chi connectivity index (χ3v) is 0.348. The van der Waals surface area contributed by atoms with E-state index in [0.29, 0.717) is 0 Å². The van der Waals surface area contributed by atoms with E-state index in [0.717, 1.165) is 0 Å². The first-order chi connectivity index (χ1) is 2.64. The average Bonchev–Trinajstić information content (AvgIpc) is 1.36. The second-order valence-corrected chi connectivity index (χ2v) is 1.07. The molecule has 0 unspecified atom stereocenters. The first-order valence-corrected chi connectivity index (χ1v) is 1.51. The molecule has 0 N–H and O–H groups in total. The monoisotopic (exact) mass is 113 g/mol. The Morgan fingerprint density at radius 3 is 1.86 bits per heavy atom. The highest BCUT2D eigenvalue weighted by molar-refractivity contribution is 5.82. The fourth-order valence-corrected chi connectivity index (χ4v) is 0. The molecule has 0 heterocycles. The smallest absolute Gasteiger partial charge is 0.545 e. The van der Waals surface area contributed by atoms with Crippen LogP contribution in [0.1, 0.15) is 6.92 Å². The molecule has 0 aromatic rings. The third-order valence-electron chi connectivity index (χ3n) is 0.348. The fraction of sp³-hybridized carbons (Fsp3) is 0.250. The number of carboxylic acids is 1. The van der Waals surface area contributed by atoms with Crippen LogP contribution < -0.4 is 5.11 Å². The SMILES string of the molecule is C=C(C)C(=O)[O-].[Si+]. The van der Waals surface area contributed by atoms with E-state index in [2.05, 4.69) is 6.58 Å². The van der Waals surface area contributed by atoms with Crippen LogP contribution in [0.2, 0.25) is 0 Å². The van der Waals surface area contributed by atoms with Gasteiger partial charge in [0.15, 0.2) is 0 Å². The summed E-state index contributed by atoms with van der Waals surface area (Å²) in [6, 6.07) is 0. The van der Waals surface area contributed by atoms with Gasteiger partial charge >= 0.3 is 11.0 Å². The molecule has 0 aliphatic carbocycles. The van der Waals surface area contributed by atoms with Crippen molar-refractivity contribution >= 4 is 16.9 Å². The average molecular weight is 113 g/mol. The predicted molar refractivity (Wildman–Crippen MR) is 25.6 cm³/mol. The normalized spacial score (nSPS) is 6.43. The summed E-state index contributed by atoms with van der Waals surface area (Å²) in [5.41, 5.74) is 0.0648. The molecule has 0 aliphatic heterocycles. The van der Waals surface area contributed by atoms with Gasteiger partial charge in [0, 0.05) is 0 Å². The van der Waals surface area contributed by atoms with Crippen LogP contribution in [-0.4, -0.2) is 16.9 Å². The minimum absolute atomic E-state index is 0. The van der Waals surface area contributed by atoms with Gasteiger partial charge in [-0.3, -0.25) is 0 Å². The molecule has 2 nitrogen and oxygen atoms in total. The van der Waals surface area contributed by atoms with E-state index in [-0.39, 0.29) is 16.5 Å². The Kier molecular flexibility index (Phi) is 4.98. The van der Waals surface area contributed by atoms with Gasteiger partial charge in [-0.05, 0) is 12.5 Å². The lowest BCUT2D eigenvalue weighted by Crippen LogP contribution is -2.22. The summed E-state index contributed by atoms with van der Waals surface area (Å²) in [6.07, 6.45) is 0. The van der Waals surface area contributed by atoms with Crippen LogP contribution in [0.4, 0.5) is 0 Å². The van der Waals surface area contributed by atoms with Gasteiger partial charge in [-0.1, -0.05) is 6.58 Å². The predicted octanol–water partition coefficient (Wildman–Crippen LogP) is -1.07. The summed E-state index contributed by atoms with van der Waals surface area (Å²) in [4.78, 5) is 9.49. The Morgan fingerprint density at radius 1 is 1.71 bits per heavy atom. The van der Waals surface area contributed by atoms with Crippen molar-refractivity contribution < 1.29 is 9.90 Å². The first-order valence-electron chi connectivity index (χ1n) is 1.51. The molecule has 0 saturated heterocycles. The maximum absolute atomic E-state index is 9.49. The van der Waals surface area contributed by atoms with Gasteiger partial charge in [-0.25, -0.2) is 0 Å². The maximum Gasteiger partial charge on any atom is 1.00 e. The highest BCUT2D eigenvalue weighted by atomic mass is 28.1. The summed E-state index contributed by atoms with van der Waals surface area (Å²) < 4.78 is 0. The van der Waals surface area contributed by atoms with Crippen LogP contribution in [0.25, 0.3) is 0 Å². The number of carboxylic acid groups (broad SMARTS) is 1. The molecule has 0 fully saturated rings. The van der Waals surface area contributed by atoms with E-state index in [1.807, 2.05) is 0 Å². The minimum Gasteiger partial charge on any atom is -0.545 e. The summed E-state index contributed by atoms with van der Waals surface area (Å²) in [5, 5.41) is 9.49. The van der Waals surface area contributed by atoms with Gasteiger partial charge < -0.3 is 9.90 Å². The minimum atomic E-state index is -1.19. The highest BCUT2D eigenvalue weighted by Crippen LogP contribution is 1.77. The van der Waals surface area contributed by atoms with Crippen molar-refractivity contribution in [3.8, 4) is 0 Å². The van der Waals surface area contributed by atoms with Crippen molar-refractivity contribution in [1.29, 1.82) is 0 Å². The molecule has 0 spiro atoms. The van der Waals surface area contributed by atoms with Crippen LogP contribution in [0, 0.1) is 0 Å². The van der Waals surface area contributed by atoms with Gasteiger partial charge in [0.2, 0.25) is 0 Å². The Morgan fingerprint density at radius 2 is 1.86 bits per heavy atom. The number of aliphatic carboxylic acids is 1. The van der Waals surface area contributed by atoms with Crippen LogP contribution >= 0.6 is 0 Å². The molecule has 3 heteroatoms. The van der Waals surface area contributed by atoms with E-state index in [4.69, 9.17) is 0 Å². The van der Waals surface area contributed by atoms with Crippen LogP contribution in [-0.2, 0) is 4.79 Å². The lowest BCUT2D eigenvalue weighted by molar-refractivity contribution is -0.299. The zero-order valence-electron chi connectivity index (χ0n) is 4.02. The molecule has 0 aliphatic rings. The van der Waals surface area contributed by atoms with Gasteiger partial charge in [-0.15, -0.1) is 0 Å². The molecule has 0 bridgehead atoms. The van der Waals surface area contributed by atoms with E-state index < -0.39 is 5.97 Å². The Balaban J connectivity index is 0. The summed E-state index contributed by atoms with van der Waals surface area (Å²) in [6.45, 7) is 4.48. The summed E-state index contributed by atoms with van der Waals surface area (Å²) in [7, 11) is 0. The molecule has 0 rings (SSSR count). The summed E-state index contributed by atoms with van der Waals surface area (Å²) in [5.74, 6) is -1.19. The molecule has 0 amide bonds. The Labute approximate surface area is 46.9 Å². The van der Waals surface area contributed by atoms with Crippen molar-refractivity contribution in [2.45, 2.75) is 6.92 Å². The molecule has 0 aromatic heterocycles.